The van der Waals surface area contributed by atoms with Gasteiger partial charge in [0.25, 0.3) is 0 Å². The molecule has 4 heteroatoms. The molecule has 2 rings (SSSR count). The van der Waals surface area contributed by atoms with Gasteiger partial charge in [-0.2, -0.15) is 0 Å². The molecule has 1 aromatic rings. The van der Waals surface area contributed by atoms with Gasteiger partial charge in [0.05, 0.1) is 0 Å². The molecule has 0 aromatic heterocycles. The van der Waals surface area contributed by atoms with E-state index in [0.29, 0.717) is 10.8 Å². The van der Waals surface area contributed by atoms with Crippen LogP contribution in [0.15, 0.2) is 12.1 Å². The van der Waals surface area contributed by atoms with Gasteiger partial charge >= 0.3 is 0 Å². The Labute approximate surface area is 87.8 Å². The Bertz CT molecular complexity index is 352. The lowest BCUT2D eigenvalue weighted by Gasteiger charge is -2.08. The smallest absolute Gasteiger partial charge is 0.231 e. The Morgan fingerprint density at radius 3 is 3.00 bits per heavy atom. The third kappa shape index (κ3) is 1.79. The van der Waals surface area contributed by atoms with Gasteiger partial charge in [0.15, 0.2) is 11.5 Å². The predicted octanol–water partition coefficient (Wildman–Crippen LogP) is 1.96. The molecule has 1 unspecified atom stereocenters. The molecule has 76 valence electrons. The molecule has 0 saturated heterocycles. The van der Waals surface area contributed by atoms with Crippen LogP contribution in [0.3, 0.4) is 0 Å². The third-order valence-corrected chi connectivity index (χ3v) is 2.27. The first-order valence-electron chi connectivity index (χ1n) is 4.50. The minimum Gasteiger partial charge on any atom is -0.454 e. The van der Waals surface area contributed by atoms with Gasteiger partial charge in [0, 0.05) is 22.7 Å². The molecule has 0 bridgehead atoms. The van der Waals surface area contributed by atoms with Gasteiger partial charge in [0.2, 0.25) is 6.79 Å². The highest BCUT2D eigenvalue weighted by Gasteiger charge is 2.19. The number of benzene rings is 1. The highest BCUT2D eigenvalue weighted by molar-refractivity contribution is 6.30. The van der Waals surface area contributed by atoms with Gasteiger partial charge < -0.3 is 15.2 Å². The number of hydrogen-bond donors (Lipinski definition) is 1. The molecule has 1 aliphatic rings. The van der Waals surface area contributed by atoms with Crippen LogP contribution < -0.4 is 15.2 Å². The van der Waals surface area contributed by atoms with Crippen LogP contribution in [-0.4, -0.2) is 12.8 Å². The molecule has 1 atom stereocenters. The Kier molecular flexibility index (Phi) is 2.52. The Balaban J connectivity index is 2.38. The lowest BCUT2D eigenvalue weighted by molar-refractivity contribution is 0.173. The van der Waals surface area contributed by atoms with E-state index < -0.39 is 0 Å². The van der Waals surface area contributed by atoms with E-state index in [1.54, 1.807) is 6.07 Å². The van der Waals surface area contributed by atoms with Gasteiger partial charge in [0.1, 0.15) is 0 Å². The van der Waals surface area contributed by atoms with Crippen LogP contribution in [0, 0.1) is 0 Å². The SMILES string of the molecule is CC(N)Cc1cc(Cl)cc2c1OCO2. The lowest BCUT2D eigenvalue weighted by Crippen LogP contribution is -2.18. The first-order valence-corrected chi connectivity index (χ1v) is 4.88. The van der Waals surface area contributed by atoms with E-state index in [9.17, 15) is 0 Å². The summed E-state index contributed by atoms with van der Waals surface area (Å²) in [5, 5.41) is 0.657. The first-order chi connectivity index (χ1) is 6.66. The fraction of sp³-hybridized carbons (Fsp3) is 0.400. The van der Waals surface area contributed by atoms with Crippen LogP contribution in [-0.2, 0) is 6.42 Å². The van der Waals surface area contributed by atoms with Crippen molar-refractivity contribution in [2.24, 2.45) is 5.73 Å². The quantitative estimate of drug-likeness (QED) is 0.817. The highest BCUT2D eigenvalue weighted by atomic mass is 35.5. The summed E-state index contributed by atoms with van der Waals surface area (Å²) < 4.78 is 10.6. The molecule has 2 N–H and O–H groups in total. The topological polar surface area (TPSA) is 44.5 Å². The molecule has 3 nitrogen and oxygen atoms in total. The fourth-order valence-electron chi connectivity index (χ4n) is 1.54. The second kappa shape index (κ2) is 3.67. The van der Waals surface area contributed by atoms with E-state index in [2.05, 4.69) is 0 Å². The van der Waals surface area contributed by atoms with Crippen molar-refractivity contribution in [2.45, 2.75) is 19.4 Å². The van der Waals surface area contributed by atoms with Crippen molar-refractivity contribution in [3.8, 4) is 11.5 Å². The highest BCUT2D eigenvalue weighted by Crippen LogP contribution is 2.38. The Morgan fingerprint density at radius 2 is 2.29 bits per heavy atom. The van der Waals surface area contributed by atoms with Crippen molar-refractivity contribution >= 4 is 11.6 Å². The average Bonchev–Trinajstić information content (AvgIpc) is 2.50. The largest absolute Gasteiger partial charge is 0.454 e. The maximum absolute atomic E-state index is 5.94. The monoisotopic (exact) mass is 213 g/mol. The minimum absolute atomic E-state index is 0.0850. The van der Waals surface area contributed by atoms with Crippen molar-refractivity contribution in [3.63, 3.8) is 0 Å². The second-order valence-corrected chi connectivity index (χ2v) is 3.92. The summed E-state index contributed by atoms with van der Waals surface area (Å²) in [6.07, 6.45) is 0.742. The van der Waals surface area contributed by atoms with Crippen molar-refractivity contribution in [2.75, 3.05) is 6.79 Å². The summed E-state index contributed by atoms with van der Waals surface area (Å²) in [5.41, 5.74) is 6.74. The van der Waals surface area contributed by atoms with E-state index in [1.165, 1.54) is 0 Å². The van der Waals surface area contributed by atoms with Crippen LogP contribution in [0.2, 0.25) is 5.02 Å². The number of rotatable bonds is 2. The maximum atomic E-state index is 5.94. The molecule has 1 aromatic carbocycles. The summed E-state index contributed by atoms with van der Waals surface area (Å²) in [4.78, 5) is 0. The summed E-state index contributed by atoms with van der Waals surface area (Å²) in [7, 11) is 0. The van der Waals surface area contributed by atoms with Crippen molar-refractivity contribution in [1.29, 1.82) is 0 Å². The summed E-state index contributed by atoms with van der Waals surface area (Å²) in [5.74, 6) is 1.50. The Hall–Kier alpha value is -0.930. The summed E-state index contributed by atoms with van der Waals surface area (Å²) in [6, 6.07) is 3.72. The zero-order valence-electron chi connectivity index (χ0n) is 7.92. The molecule has 14 heavy (non-hydrogen) atoms. The van der Waals surface area contributed by atoms with Crippen molar-refractivity contribution < 1.29 is 9.47 Å². The number of nitrogens with two attached hydrogens (primary N) is 1. The zero-order valence-corrected chi connectivity index (χ0v) is 8.67. The van der Waals surface area contributed by atoms with E-state index in [1.807, 2.05) is 13.0 Å². The van der Waals surface area contributed by atoms with Crippen molar-refractivity contribution in [1.82, 2.24) is 0 Å². The van der Waals surface area contributed by atoms with E-state index in [-0.39, 0.29) is 12.8 Å². The molecule has 0 aliphatic carbocycles. The molecular weight excluding hydrogens is 202 g/mol. The molecule has 1 aliphatic heterocycles. The Morgan fingerprint density at radius 1 is 1.50 bits per heavy atom. The minimum atomic E-state index is 0.0850. The van der Waals surface area contributed by atoms with E-state index in [4.69, 9.17) is 26.8 Å². The first kappa shape index (κ1) is 9.62. The maximum Gasteiger partial charge on any atom is 0.231 e. The molecule has 1 heterocycles. The van der Waals surface area contributed by atoms with Crippen LogP contribution in [0.25, 0.3) is 0 Å². The van der Waals surface area contributed by atoms with Crippen LogP contribution in [0.4, 0.5) is 0 Å². The number of fused-ring (bicyclic) bond motifs is 1. The second-order valence-electron chi connectivity index (χ2n) is 3.48. The summed E-state index contributed by atoms with van der Waals surface area (Å²) >= 11 is 5.94. The molecule has 0 saturated carbocycles. The van der Waals surface area contributed by atoms with Crippen molar-refractivity contribution in [3.05, 3.63) is 22.7 Å². The van der Waals surface area contributed by atoms with Crippen LogP contribution in [0.5, 0.6) is 11.5 Å². The van der Waals surface area contributed by atoms with Crippen LogP contribution in [0.1, 0.15) is 12.5 Å². The van der Waals surface area contributed by atoms with Gasteiger partial charge in [-0.3, -0.25) is 0 Å². The molecule has 0 fully saturated rings. The number of hydrogen-bond acceptors (Lipinski definition) is 3. The van der Waals surface area contributed by atoms with Gasteiger partial charge in [-0.1, -0.05) is 11.6 Å². The fourth-order valence-corrected chi connectivity index (χ4v) is 1.77. The molecule has 0 spiro atoms. The van der Waals surface area contributed by atoms with Gasteiger partial charge in [-0.05, 0) is 19.4 Å². The standard InChI is InChI=1S/C10H12ClNO2/c1-6(12)2-7-3-8(11)4-9-10(7)14-5-13-9/h3-4,6H,2,5,12H2,1H3. The van der Waals surface area contributed by atoms with E-state index >= 15 is 0 Å². The van der Waals surface area contributed by atoms with Crippen LogP contribution >= 0.6 is 11.6 Å². The predicted molar refractivity (Wildman–Crippen MR) is 54.9 cm³/mol. The average molecular weight is 214 g/mol. The van der Waals surface area contributed by atoms with Gasteiger partial charge in [-0.15, -0.1) is 0 Å². The lowest BCUT2D eigenvalue weighted by atomic mass is 10.1. The van der Waals surface area contributed by atoms with E-state index in [0.717, 1.165) is 17.7 Å². The van der Waals surface area contributed by atoms with Gasteiger partial charge in [-0.25, -0.2) is 0 Å². The summed E-state index contributed by atoms with van der Waals surface area (Å²) in [6.45, 7) is 2.21. The number of halogens is 1. The molecule has 0 radical (unpaired) electrons. The number of ether oxygens (including phenoxy) is 2. The third-order valence-electron chi connectivity index (χ3n) is 2.06. The molecular formula is C10H12ClNO2. The zero-order chi connectivity index (χ0) is 10.1. The molecule has 0 amide bonds. The normalized spacial score (nSPS) is 15.6.